The van der Waals surface area contributed by atoms with Gasteiger partial charge in [-0.15, -0.1) is 0 Å². The van der Waals surface area contributed by atoms with Crippen LogP contribution in [0.3, 0.4) is 0 Å². The number of ether oxygens (including phenoxy) is 3. The molecule has 57 heavy (non-hydrogen) atoms. The van der Waals surface area contributed by atoms with E-state index in [4.69, 9.17) is 14.2 Å². The van der Waals surface area contributed by atoms with Gasteiger partial charge in [-0.25, -0.2) is 0 Å². The van der Waals surface area contributed by atoms with Crippen LogP contribution in [0.1, 0.15) is 234 Å². The molecule has 332 valence electrons. The molecular formula is C50H90O7. The summed E-state index contributed by atoms with van der Waals surface area (Å²) in [5.41, 5.74) is -1.39. The molecule has 4 rings (SSSR count). The standard InChI is InChI=1S/C50H90O7/c1-7-13-19-41(20-14-8-2)25-28-44(52)55-38-48-31-47(37-51)32-49(34-48,39-56-45(53)29-26-42(21-15-9-3)22-16-10-4)36-50(33-47,35-48)40-57-46(54)30-27-43(23-17-11-5)24-18-12-6/h41-43,51H,7-40H2,1-6H3. The first-order valence-electron chi connectivity index (χ1n) is 24.5. The quantitative estimate of drug-likeness (QED) is 0.0511. The van der Waals surface area contributed by atoms with Crippen molar-refractivity contribution in [2.45, 2.75) is 234 Å². The minimum atomic E-state index is -0.373. The Hall–Kier alpha value is -1.63. The molecular weight excluding hydrogens is 713 g/mol. The van der Waals surface area contributed by atoms with Gasteiger partial charge in [0.25, 0.3) is 0 Å². The fourth-order valence-electron chi connectivity index (χ4n) is 12.3. The van der Waals surface area contributed by atoms with Crippen LogP contribution in [0.15, 0.2) is 0 Å². The molecule has 0 aromatic heterocycles. The van der Waals surface area contributed by atoms with Gasteiger partial charge in [-0.3, -0.25) is 14.4 Å². The van der Waals surface area contributed by atoms with Crippen LogP contribution >= 0.6 is 0 Å². The second-order valence-corrected chi connectivity index (χ2v) is 20.3. The second-order valence-electron chi connectivity index (χ2n) is 20.3. The van der Waals surface area contributed by atoms with Crippen molar-refractivity contribution in [1.29, 1.82) is 0 Å². The van der Waals surface area contributed by atoms with Gasteiger partial charge in [0.05, 0.1) is 19.8 Å². The molecule has 4 saturated carbocycles. The zero-order chi connectivity index (χ0) is 41.6. The summed E-state index contributed by atoms with van der Waals surface area (Å²) in [6.07, 6.45) is 30.0. The van der Waals surface area contributed by atoms with E-state index in [1.54, 1.807) is 0 Å². The molecule has 7 nitrogen and oxygen atoms in total. The third kappa shape index (κ3) is 16.7. The first-order chi connectivity index (χ1) is 27.5. The maximum Gasteiger partial charge on any atom is 0.305 e. The van der Waals surface area contributed by atoms with Crippen molar-refractivity contribution in [1.82, 2.24) is 0 Å². The van der Waals surface area contributed by atoms with Crippen molar-refractivity contribution in [2.24, 2.45) is 39.4 Å². The summed E-state index contributed by atoms with van der Waals surface area (Å²) >= 11 is 0. The lowest BCUT2D eigenvalue weighted by atomic mass is 9.36. The number of carbonyl (C=O) groups excluding carboxylic acids is 3. The Morgan fingerprint density at radius 2 is 0.632 bits per heavy atom. The van der Waals surface area contributed by atoms with E-state index in [-0.39, 0.29) is 46.2 Å². The number of aliphatic hydroxyl groups is 1. The monoisotopic (exact) mass is 803 g/mol. The van der Waals surface area contributed by atoms with Crippen LogP contribution in [0.2, 0.25) is 0 Å². The van der Waals surface area contributed by atoms with Crippen LogP contribution < -0.4 is 0 Å². The molecule has 4 aliphatic rings. The molecule has 7 heteroatoms. The smallest absolute Gasteiger partial charge is 0.305 e. The fraction of sp³-hybridized carbons (Fsp3) is 0.940. The first kappa shape index (κ1) is 49.7. The van der Waals surface area contributed by atoms with E-state index in [1.165, 1.54) is 116 Å². The van der Waals surface area contributed by atoms with Crippen molar-refractivity contribution in [2.75, 3.05) is 26.4 Å². The summed E-state index contributed by atoms with van der Waals surface area (Å²) in [5, 5.41) is 11.1. The van der Waals surface area contributed by atoms with E-state index in [1.807, 2.05) is 0 Å². The summed E-state index contributed by atoms with van der Waals surface area (Å²) in [4.78, 5) is 40.3. The van der Waals surface area contributed by atoms with Crippen molar-refractivity contribution in [3.63, 3.8) is 0 Å². The van der Waals surface area contributed by atoms with E-state index in [0.29, 0.717) is 56.8 Å². The maximum absolute atomic E-state index is 13.4. The Kier molecular flexibility index (Phi) is 22.6. The van der Waals surface area contributed by atoms with Gasteiger partial charge < -0.3 is 19.3 Å². The number of hydrogen-bond acceptors (Lipinski definition) is 7. The predicted octanol–water partition coefficient (Wildman–Crippen LogP) is 13.3. The lowest BCUT2D eigenvalue weighted by Crippen LogP contribution is -2.65. The number of aliphatic hydroxyl groups excluding tert-OH is 1. The number of rotatable bonds is 34. The molecule has 0 spiro atoms. The third-order valence-corrected chi connectivity index (χ3v) is 14.5. The highest BCUT2D eigenvalue weighted by Crippen LogP contribution is 2.74. The van der Waals surface area contributed by atoms with Gasteiger partial charge in [0, 0.05) is 42.1 Å². The molecule has 0 atom stereocenters. The van der Waals surface area contributed by atoms with Crippen molar-refractivity contribution in [3.8, 4) is 0 Å². The van der Waals surface area contributed by atoms with Crippen LogP contribution in [0.5, 0.6) is 0 Å². The highest BCUT2D eigenvalue weighted by atomic mass is 16.5. The zero-order valence-corrected chi connectivity index (χ0v) is 38.2. The lowest BCUT2D eigenvalue weighted by molar-refractivity contribution is -0.247. The Bertz CT molecular complexity index is 982. The van der Waals surface area contributed by atoms with Crippen LogP contribution in [0.25, 0.3) is 0 Å². The van der Waals surface area contributed by atoms with Crippen LogP contribution in [-0.2, 0) is 28.6 Å². The van der Waals surface area contributed by atoms with Gasteiger partial charge in [0.15, 0.2) is 0 Å². The summed E-state index contributed by atoms with van der Waals surface area (Å²) in [5.74, 6) is 1.32. The lowest BCUT2D eigenvalue weighted by Gasteiger charge is -2.69. The topological polar surface area (TPSA) is 99.1 Å². The van der Waals surface area contributed by atoms with E-state index >= 15 is 0 Å². The van der Waals surface area contributed by atoms with E-state index in [0.717, 1.165) is 57.8 Å². The van der Waals surface area contributed by atoms with Gasteiger partial charge in [-0.1, -0.05) is 157 Å². The SMILES string of the molecule is CCCCC(CCCC)CCC(=O)OCC12CC3(CO)CC(COC(=O)CCC(CCCC)CCCC)(C1)CC(COC(=O)CCC(CCCC)CCCC)(C3)C2. The molecule has 0 saturated heterocycles. The molecule has 0 aromatic carbocycles. The minimum Gasteiger partial charge on any atom is -0.465 e. The van der Waals surface area contributed by atoms with Gasteiger partial charge in [0.1, 0.15) is 0 Å². The fourth-order valence-corrected chi connectivity index (χ4v) is 12.3. The van der Waals surface area contributed by atoms with Crippen LogP contribution in [0.4, 0.5) is 0 Å². The average molecular weight is 803 g/mol. The summed E-state index contributed by atoms with van der Waals surface area (Å²) in [6, 6.07) is 0. The Morgan fingerprint density at radius 3 is 0.842 bits per heavy atom. The molecule has 4 bridgehead atoms. The molecule has 0 aromatic rings. The van der Waals surface area contributed by atoms with Gasteiger partial charge >= 0.3 is 17.9 Å². The number of carbonyl (C=O) groups is 3. The average Bonchev–Trinajstić information content (AvgIpc) is 3.20. The summed E-state index contributed by atoms with van der Waals surface area (Å²) < 4.78 is 18.7. The van der Waals surface area contributed by atoms with Gasteiger partial charge in [-0.05, 0) is 81.0 Å². The first-order valence-corrected chi connectivity index (χ1v) is 24.5. The van der Waals surface area contributed by atoms with E-state index < -0.39 is 0 Å². The molecule has 0 unspecified atom stereocenters. The van der Waals surface area contributed by atoms with Crippen molar-refractivity contribution >= 4 is 17.9 Å². The van der Waals surface area contributed by atoms with E-state index in [9.17, 15) is 19.5 Å². The largest absolute Gasteiger partial charge is 0.465 e. The maximum atomic E-state index is 13.4. The normalized spacial score (nSPS) is 25.2. The third-order valence-electron chi connectivity index (χ3n) is 14.5. The van der Waals surface area contributed by atoms with Gasteiger partial charge in [-0.2, -0.15) is 0 Å². The van der Waals surface area contributed by atoms with Crippen molar-refractivity contribution < 1.29 is 33.7 Å². The van der Waals surface area contributed by atoms with Crippen LogP contribution in [0, 0.1) is 39.4 Å². The number of hydrogen-bond donors (Lipinski definition) is 1. The molecule has 4 aliphatic carbocycles. The Labute approximate surface area is 350 Å². The number of esters is 3. The summed E-state index contributed by atoms with van der Waals surface area (Å²) in [6.45, 7) is 14.4. The van der Waals surface area contributed by atoms with Crippen LogP contribution in [-0.4, -0.2) is 49.4 Å². The second kappa shape index (κ2) is 25.9. The minimum absolute atomic E-state index is 0.0394. The predicted molar refractivity (Wildman–Crippen MR) is 233 cm³/mol. The van der Waals surface area contributed by atoms with Crippen molar-refractivity contribution in [3.05, 3.63) is 0 Å². The molecule has 4 fully saturated rings. The molecule has 0 heterocycles. The zero-order valence-electron chi connectivity index (χ0n) is 38.2. The Morgan fingerprint density at radius 1 is 0.404 bits per heavy atom. The molecule has 0 aliphatic heterocycles. The molecule has 1 N–H and O–H groups in total. The number of unbranched alkanes of at least 4 members (excludes halogenated alkanes) is 6. The van der Waals surface area contributed by atoms with Gasteiger partial charge in [0.2, 0.25) is 0 Å². The van der Waals surface area contributed by atoms with E-state index in [2.05, 4.69) is 41.5 Å². The summed E-state index contributed by atoms with van der Waals surface area (Å²) in [7, 11) is 0. The molecule has 0 amide bonds. The molecule has 0 radical (unpaired) electrons. The highest BCUT2D eigenvalue weighted by molar-refractivity contribution is 5.70. The Balaban J connectivity index is 1.76. The highest BCUT2D eigenvalue weighted by Gasteiger charge is 2.69.